The number of fused-ring (bicyclic) bond motifs is 2. The lowest BCUT2D eigenvalue weighted by atomic mass is 10.1. The Kier molecular flexibility index (Phi) is 5.80. The molecule has 1 fully saturated rings. The third-order valence-corrected chi connectivity index (χ3v) is 5.98. The number of benzene rings is 2. The number of aromatic nitrogens is 3. The van der Waals surface area contributed by atoms with Gasteiger partial charge in [0.2, 0.25) is 0 Å². The van der Waals surface area contributed by atoms with Crippen molar-refractivity contribution < 1.29 is 9.53 Å². The maximum Gasteiger partial charge on any atom is 0.276 e. The number of ether oxygens (including phenoxy) is 1. The second-order valence-corrected chi connectivity index (χ2v) is 8.17. The SMILES string of the molecule is Nc1c(-c2nc3ccccc3[nH]c2=O)[nH]c2ccc(C(=O)NCCCN3CCOCC3)cc12. The standard InChI is InChI=1S/C24H26N6O3/c25-20-16-14-15(23(31)26-8-3-9-30-10-12-33-13-11-30)6-7-17(16)27-21(20)22-24(32)29-19-5-2-1-4-18(19)28-22/h1-2,4-7,14,27H,3,8-13,25H2,(H,26,31)(H,29,32). The number of hydrogen-bond donors (Lipinski definition) is 4. The Labute approximate surface area is 190 Å². The Morgan fingerprint density at radius 3 is 2.79 bits per heavy atom. The van der Waals surface area contributed by atoms with E-state index in [0.717, 1.165) is 44.8 Å². The van der Waals surface area contributed by atoms with E-state index in [1.807, 2.05) is 18.2 Å². The fraction of sp³-hybridized carbons (Fsp3) is 0.292. The molecular formula is C24H26N6O3. The summed E-state index contributed by atoms with van der Waals surface area (Å²) in [6.45, 7) is 4.95. The predicted octanol–water partition coefficient (Wildman–Crippen LogP) is 2.11. The summed E-state index contributed by atoms with van der Waals surface area (Å²) in [6, 6.07) is 12.6. The van der Waals surface area contributed by atoms with Gasteiger partial charge in [0.25, 0.3) is 11.5 Å². The number of nitrogens with one attached hydrogen (secondary N) is 3. The van der Waals surface area contributed by atoms with Gasteiger partial charge in [-0.15, -0.1) is 0 Å². The van der Waals surface area contributed by atoms with Crippen molar-refractivity contribution in [1.82, 2.24) is 25.2 Å². The van der Waals surface area contributed by atoms with Crippen LogP contribution in [0.1, 0.15) is 16.8 Å². The fourth-order valence-corrected chi connectivity index (χ4v) is 4.17. The Morgan fingerprint density at radius 1 is 1.12 bits per heavy atom. The van der Waals surface area contributed by atoms with Gasteiger partial charge in [-0.05, 0) is 43.3 Å². The minimum Gasteiger partial charge on any atom is -0.396 e. The molecule has 0 spiro atoms. The van der Waals surface area contributed by atoms with E-state index in [-0.39, 0.29) is 17.2 Å². The molecular weight excluding hydrogens is 420 g/mol. The number of H-pyrrole nitrogens is 2. The van der Waals surface area contributed by atoms with Crippen molar-refractivity contribution in [1.29, 1.82) is 0 Å². The predicted molar refractivity (Wildman–Crippen MR) is 128 cm³/mol. The van der Waals surface area contributed by atoms with Gasteiger partial charge < -0.3 is 25.8 Å². The molecule has 33 heavy (non-hydrogen) atoms. The summed E-state index contributed by atoms with van der Waals surface area (Å²) in [5.41, 5.74) is 9.70. The zero-order valence-electron chi connectivity index (χ0n) is 18.2. The molecule has 0 aliphatic carbocycles. The first kappa shape index (κ1) is 21.2. The van der Waals surface area contributed by atoms with E-state index in [4.69, 9.17) is 10.5 Å². The molecule has 5 N–H and O–H groups in total. The van der Waals surface area contributed by atoms with E-state index in [9.17, 15) is 9.59 Å². The molecule has 4 aromatic rings. The number of morpholine rings is 1. The molecule has 0 bridgehead atoms. The molecule has 9 heteroatoms. The smallest absolute Gasteiger partial charge is 0.276 e. The number of anilines is 1. The van der Waals surface area contributed by atoms with Gasteiger partial charge in [0, 0.05) is 36.1 Å². The van der Waals surface area contributed by atoms with Crippen LogP contribution in [0.5, 0.6) is 0 Å². The second kappa shape index (κ2) is 9.05. The summed E-state index contributed by atoms with van der Waals surface area (Å²) < 4.78 is 5.36. The van der Waals surface area contributed by atoms with Crippen molar-refractivity contribution in [2.24, 2.45) is 0 Å². The number of carbonyl (C=O) groups is 1. The Bertz CT molecular complexity index is 1370. The van der Waals surface area contributed by atoms with Crippen LogP contribution in [0.2, 0.25) is 0 Å². The number of nitrogen functional groups attached to an aromatic ring is 1. The van der Waals surface area contributed by atoms with Crippen LogP contribution < -0.4 is 16.6 Å². The highest BCUT2D eigenvalue weighted by atomic mass is 16.5. The van der Waals surface area contributed by atoms with Gasteiger partial charge in [-0.2, -0.15) is 0 Å². The highest BCUT2D eigenvalue weighted by Gasteiger charge is 2.17. The monoisotopic (exact) mass is 446 g/mol. The number of aromatic amines is 2. The zero-order valence-corrected chi connectivity index (χ0v) is 18.2. The molecule has 1 aliphatic heterocycles. The fourth-order valence-electron chi connectivity index (χ4n) is 4.17. The van der Waals surface area contributed by atoms with Crippen molar-refractivity contribution >= 4 is 33.5 Å². The summed E-state index contributed by atoms with van der Waals surface area (Å²) in [5.74, 6) is -0.150. The van der Waals surface area contributed by atoms with E-state index >= 15 is 0 Å². The molecule has 5 rings (SSSR count). The number of hydrogen-bond acceptors (Lipinski definition) is 6. The molecule has 9 nitrogen and oxygen atoms in total. The number of carbonyl (C=O) groups excluding carboxylic acids is 1. The van der Waals surface area contributed by atoms with E-state index < -0.39 is 0 Å². The summed E-state index contributed by atoms with van der Waals surface area (Å²) >= 11 is 0. The average molecular weight is 447 g/mol. The van der Waals surface area contributed by atoms with Crippen molar-refractivity contribution in [3.63, 3.8) is 0 Å². The summed E-state index contributed by atoms with van der Waals surface area (Å²) in [5, 5.41) is 3.66. The topological polar surface area (TPSA) is 129 Å². The summed E-state index contributed by atoms with van der Waals surface area (Å²) in [6.07, 6.45) is 0.876. The maximum absolute atomic E-state index is 12.7. The van der Waals surface area contributed by atoms with Crippen LogP contribution in [0, 0.1) is 0 Å². The summed E-state index contributed by atoms with van der Waals surface area (Å²) in [4.78, 5) is 38.2. The van der Waals surface area contributed by atoms with Crippen LogP contribution in [0.25, 0.3) is 33.3 Å². The molecule has 3 heterocycles. The van der Waals surface area contributed by atoms with Crippen molar-refractivity contribution in [3.8, 4) is 11.4 Å². The quantitative estimate of drug-likeness (QED) is 0.336. The van der Waals surface area contributed by atoms with Crippen molar-refractivity contribution in [2.45, 2.75) is 6.42 Å². The molecule has 2 aromatic heterocycles. The number of rotatable bonds is 6. The van der Waals surface area contributed by atoms with Crippen LogP contribution in [0.3, 0.4) is 0 Å². The van der Waals surface area contributed by atoms with E-state index in [1.54, 1.807) is 24.3 Å². The van der Waals surface area contributed by atoms with E-state index in [0.29, 0.717) is 39.9 Å². The third kappa shape index (κ3) is 4.33. The van der Waals surface area contributed by atoms with Gasteiger partial charge in [0.1, 0.15) is 0 Å². The van der Waals surface area contributed by atoms with E-state index in [1.165, 1.54) is 0 Å². The average Bonchev–Trinajstić information content (AvgIpc) is 3.17. The molecule has 1 saturated heterocycles. The minimum absolute atomic E-state index is 0.150. The first-order chi connectivity index (χ1) is 16.1. The van der Waals surface area contributed by atoms with Crippen LogP contribution in [-0.2, 0) is 4.74 Å². The molecule has 0 atom stereocenters. The molecule has 0 saturated carbocycles. The first-order valence-electron chi connectivity index (χ1n) is 11.1. The van der Waals surface area contributed by atoms with Gasteiger partial charge in [-0.25, -0.2) is 4.98 Å². The lowest BCUT2D eigenvalue weighted by molar-refractivity contribution is 0.0374. The van der Waals surface area contributed by atoms with Gasteiger partial charge >= 0.3 is 0 Å². The Hall–Kier alpha value is -3.69. The molecule has 0 unspecified atom stereocenters. The van der Waals surface area contributed by atoms with Gasteiger partial charge in [0.15, 0.2) is 5.69 Å². The Balaban J connectivity index is 1.34. The van der Waals surface area contributed by atoms with Crippen molar-refractivity contribution in [3.05, 3.63) is 58.4 Å². The van der Waals surface area contributed by atoms with Gasteiger partial charge in [-0.1, -0.05) is 12.1 Å². The second-order valence-electron chi connectivity index (χ2n) is 8.17. The molecule has 1 amide bonds. The van der Waals surface area contributed by atoms with Crippen LogP contribution in [-0.4, -0.2) is 65.2 Å². The third-order valence-electron chi connectivity index (χ3n) is 5.98. The van der Waals surface area contributed by atoms with Crippen molar-refractivity contribution in [2.75, 3.05) is 45.1 Å². The number of nitrogens with zero attached hydrogens (tertiary/aromatic N) is 2. The summed E-state index contributed by atoms with van der Waals surface area (Å²) in [7, 11) is 0. The lowest BCUT2D eigenvalue weighted by Gasteiger charge is -2.26. The maximum atomic E-state index is 12.7. The molecule has 2 aromatic carbocycles. The minimum atomic E-state index is -0.329. The molecule has 0 radical (unpaired) electrons. The Morgan fingerprint density at radius 2 is 1.94 bits per heavy atom. The number of amides is 1. The molecule has 170 valence electrons. The van der Waals surface area contributed by atoms with Gasteiger partial charge in [0.05, 0.1) is 35.6 Å². The van der Waals surface area contributed by atoms with Crippen LogP contribution >= 0.6 is 0 Å². The van der Waals surface area contributed by atoms with Crippen LogP contribution in [0.15, 0.2) is 47.3 Å². The van der Waals surface area contributed by atoms with Gasteiger partial charge in [-0.3, -0.25) is 14.5 Å². The number of nitrogens with two attached hydrogens (primary N) is 1. The lowest BCUT2D eigenvalue weighted by Crippen LogP contribution is -2.38. The normalized spacial score (nSPS) is 14.7. The number of para-hydroxylation sites is 2. The van der Waals surface area contributed by atoms with E-state index in [2.05, 4.69) is 25.2 Å². The largest absolute Gasteiger partial charge is 0.396 e. The highest BCUT2D eigenvalue weighted by molar-refractivity contribution is 6.04. The first-order valence-corrected chi connectivity index (χ1v) is 11.1. The zero-order chi connectivity index (χ0) is 22.8. The highest BCUT2D eigenvalue weighted by Crippen LogP contribution is 2.31. The molecule has 1 aliphatic rings. The van der Waals surface area contributed by atoms with Crippen LogP contribution in [0.4, 0.5) is 5.69 Å².